The van der Waals surface area contributed by atoms with Crippen LogP contribution < -0.4 is 4.90 Å². The van der Waals surface area contributed by atoms with Gasteiger partial charge in [0.1, 0.15) is 0 Å². The summed E-state index contributed by atoms with van der Waals surface area (Å²) in [6, 6.07) is 24.2. The zero-order valence-corrected chi connectivity index (χ0v) is 26.2. The fraction of sp³-hybridized carbons (Fsp3) is 0.220. The Balaban J connectivity index is 1.43. The van der Waals surface area contributed by atoms with E-state index in [0.29, 0.717) is 0 Å². The third-order valence-corrected chi connectivity index (χ3v) is 9.32. The van der Waals surface area contributed by atoms with E-state index in [1.165, 1.54) is 55.7 Å². The van der Waals surface area contributed by atoms with Gasteiger partial charge in [0, 0.05) is 29.5 Å². The molecule has 0 fully saturated rings. The Kier molecular flexibility index (Phi) is 7.95. The lowest BCUT2D eigenvalue weighted by atomic mass is 9.81. The Bertz CT molecular complexity index is 1800. The van der Waals surface area contributed by atoms with Crippen LogP contribution in [0.25, 0.3) is 29.0 Å². The summed E-state index contributed by atoms with van der Waals surface area (Å²) >= 11 is 0. The summed E-state index contributed by atoms with van der Waals surface area (Å²) < 4.78 is 2.18. The fourth-order valence-corrected chi connectivity index (χ4v) is 6.38. The lowest BCUT2D eigenvalue weighted by Gasteiger charge is -2.28. The lowest BCUT2D eigenvalue weighted by molar-refractivity contribution is 0.939. The first-order chi connectivity index (χ1) is 20.8. The molecule has 0 bridgehead atoms. The van der Waals surface area contributed by atoms with Gasteiger partial charge in [-0.2, -0.15) is 0 Å². The first-order valence-corrected chi connectivity index (χ1v) is 15.5. The molecule has 6 rings (SSSR count). The van der Waals surface area contributed by atoms with Crippen LogP contribution in [0.4, 0.5) is 11.4 Å². The van der Waals surface area contributed by atoms with Crippen molar-refractivity contribution in [3.8, 4) is 16.8 Å². The zero-order chi connectivity index (χ0) is 30.1. The summed E-state index contributed by atoms with van der Waals surface area (Å²) in [6.07, 6.45) is 18.2. The van der Waals surface area contributed by atoms with Crippen LogP contribution in [0.15, 0.2) is 126 Å². The molecular weight excluding hydrogens is 520 g/mol. The Morgan fingerprint density at radius 2 is 1.42 bits per heavy atom. The third-order valence-electron chi connectivity index (χ3n) is 9.32. The van der Waals surface area contributed by atoms with Crippen molar-refractivity contribution < 1.29 is 0 Å². The van der Waals surface area contributed by atoms with E-state index in [-0.39, 0.29) is 0 Å². The number of benzene rings is 3. The third kappa shape index (κ3) is 5.50. The van der Waals surface area contributed by atoms with Gasteiger partial charge in [0.15, 0.2) is 0 Å². The number of anilines is 2. The molecule has 2 nitrogen and oxygen atoms in total. The van der Waals surface area contributed by atoms with E-state index >= 15 is 0 Å². The number of hydrogen-bond donors (Lipinski definition) is 0. The highest BCUT2D eigenvalue weighted by molar-refractivity contribution is 5.84. The van der Waals surface area contributed by atoms with Crippen LogP contribution in [0.3, 0.4) is 0 Å². The summed E-state index contributed by atoms with van der Waals surface area (Å²) in [7, 11) is 0. The molecule has 0 spiro atoms. The number of aryl methyl sites for hydroxylation is 1. The van der Waals surface area contributed by atoms with Crippen LogP contribution in [0.2, 0.25) is 0 Å². The maximum absolute atomic E-state index is 4.66. The van der Waals surface area contributed by atoms with E-state index in [2.05, 4.69) is 154 Å². The molecule has 216 valence electrons. The Hall–Kier alpha value is -4.56. The van der Waals surface area contributed by atoms with E-state index in [0.717, 1.165) is 48.4 Å². The summed E-state index contributed by atoms with van der Waals surface area (Å²) in [5.41, 5.74) is 17.9. The van der Waals surface area contributed by atoms with Crippen molar-refractivity contribution in [1.82, 2.24) is 4.57 Å². The number of aromatic nitrogens is 1. The van der Waals surface area contributed by atoms with Crippen molar-refractivity contribution in [2.45, 2.75) is 60.3 Å². The number of hydrogen-bond acceptors (Lipinski definition) is 1. The highest BCUT2D eigenvalue weighted by atomic mass is 15.2. The highest BCUT2D eigenvalue weighted by Crippen LogP contribution is 2.40. The van der Waals surface area contributed by atoms with Gasteiger partial charge >= 0.3 is 0 Å². The molecule has 1 aromatic heterocycles. The highest BCUT2D eigenvalue weighted by Gasteiger charge is 2.21. The van der Waals surface area contributed by atoms with E-state index in [4.69, 9.17) is 0 Å². The van der Waals surface area contributed by atoms with Crippen molar-refractivity contribution in [2.24, 2.45) is 0 Å². The second-order valence-electron chi connectivity index (χ2n) is 12.1. The lowest BCUT2D eigenvalue weighted by Crippen LogP contribution is -2.17. The quantitative estimate of drug-likeness (QED) is 0.203. The van der Waals surface area contributed by atoms with Crippen LogP contribution in [-0.2, 0) is 12.8 Å². The Morgan fingerprint density at radius 1 is 0.721 bits per heavy atom. The number of fused-ring (bicyclic) bond motifs is 3. The second kappa shape index (κ2) is 12.0. The number of para-hydroxylation sites is 1. The van der Waals surface area contributed by atoms with Crippen molar-refractivity contribution in [3.05, 3.63) is 148 Å². The van der Waals surface area contributed by atoms with Crippen molar-refractivity contribution in [3.63, 3.8) is 0 Å². The molecule has 0 unspecified atom stereocenters. The minimum atomic E-state index is 0.984. The molecule has 0 atom stereocenters. The molecule has 0 saturated heterocycles. The van der Waals surface area contributed by atoms with E-state index in [9.17, 15) is 0 Å². The molecule has 0 aliphatic heterocycles. The van der Waals surface area contributed by atoms with Crippen molar-refractivity contribution >= 4 is 23.5 Å². The predicted molar refractivity (Wildman–Crippen MR) is 186 cm³/mol. The first kappa shape index (κ1) is 28.6. The van der Waals surface area contributed by atoms with Crippen LogP contribution in [0, 0.1) is 0 Å². The van der Waals surface area contributed by atoms with E-state index in [1.54, 1.807) is 0 Å². The average molecular weight is 563 g/mol. The fourth-order valence-electron chi connectivity index (χ4n) is 6.38. The van der Waals surface area contributed by atoms with Gasteiger partial charge in [-0.1, -0.05) is 66.8 Å². The van der Waals surface area contributed by atoms with E-state index in [1.807, 2.05) is 0 Å². The van der Waals surface area contributed by atoms with Gasteiger partial charge < -0.3 is 9.47 Å². The van der Waals surface area contributed by atoms with Crippen molar-refractivity contribution in [1.29, 1.82) is 0 Å². The molecule has 0 amide bonds. The minimum Gasteiger partial charge on any atom is -0.322 e. The summed E-state index contributed by atoms with van der Waals surface area (Å²) in [5.74, 6) is 0. The molecule has 2 aliphatic carbocycles. The van der Waals surface area contributed by atoms with Crippen molar-refractivity contribution in [2.75, 3.05) is 4.90 Å². The van der Waals surface area contributed by atoms with Gasteiger partial charge in [-0.15, -0.1) is 0 Å². The molecule has 4 aromatic rings. The van der Waals surface area contributed by atoms with Crippen LogP contribution in [0.1, 0.15) is 69.7 Å². The van der Waals surface area contributed by atoms with Crippen LogP contribution >= 0.6 is 0 Å². The van der Waals surface area contributed by atoms with Crippen LogP contribution in [0.5, 0.6) is 0 Å². The van der Waals surface area contributed by atoms with Gasteiger partial charge in [-0.3, -0.25) is 0 Å². The molecule has 3 aromatic carbocycles. The molecule has 0 N–H and O–H groups in total. The topological polar surface area (TPSA) is 8.17 Å². The molecular formula is C41H42N2. The van der Waals surface area contributed by atoms with Gasteiger partial charge in [0.05, 0.1) is 5.69 Å². The minimum absolute atomic E-state index is 0.984. The molecule has 0 radical (unpaired) electrons. The Morgan fingerprint density at radius 3 is 2.14 bits per heavy atom. The first-order valence-electron chi connectivity index (χ1n) is 15.5. The molecule has 1 heterocycles. The summed E-state index contributed by atoms with van der Waals surface area (Å²) in [4.78, 5) is 2.30. The molecule has 43 heavy (non-hydrogen) atoms. The maximum Gasteiger partial charge on any atom is 0.0642 e. The van der Waals surface area contributed by atoms with Gasteiger partial charge in [-0.05, 0) is 147 Å². The molecule has 2 heteroatoms. The molecule has 2 aliphatic rings. The number of rotatable bonds is 7. The number of nitrogens with zero attached hydrogens (tertiary/aromatic N) is 2. The SMILES string of the molecule is C=C(/C(C)=C(/C)C(C)=C(C)C)N(c1ccc(-c2cc3c(c4c2C=CCC4)C=CCC3)cc1)c1ccn(-c2ccccc2)c1. The smallest absolute Gasteiger partial charge is 0.0642 e. The Labute approximate surface area is 257 Å². The average Bonchev–Trinajstić information content (AvgIpc) is 3.54. The standard InChI is InChI=1S/C41H42N2/c1-28(2)29(3)30(4)31(5)32(6)43(37-24-25-42(27-37)35-15-8-7-9-16-35)36-22-20-33(21-23-36)41-26-34-14-10-11-17-38(34)39-18-12-13-19-40(39)41/h7-9,11,13,15-17,19-27H,6,10,12,14,18H2,1-5H3/b31-30-. The second-order valence-corrected chi connectivity index (χ2v) is 12.1. The van der Waals surface area contributed by atoms with Crippen LogP contribution in [-0.4, -0.2) is 4.57 Å². The van der Waals surface area contributed by atoms with Gasteiger partial charge in [0.25, 0.3) is 0 Å². The van der Waals surface area contributed by atoms with Gasteiger partial charge in [-0.25, -0.2) is 0 Å². The monoisotopic (exact) mass is 562 g/mol. The maximum atomic E-state index is 4.66. The zero-order valence-electron chi connectivity index (χ0n) is 26.2. The summed E-state index contributed by atoms with van der Waals surface area (Å²) in [5, 5.41) is 0. The number of allylic oxidation sites excluding steroid dienone is 6. The normalized spacial score (nSPS) is 14.1. The summed E-state index contributed by atoms with van der Waals surface area (Å²) in [6.45, 7) is 15.6. The van der Waals surface area contributed by atoms with Gasteiger partial charge in [0.2, 0.25) is 0 Å². The molecule has 0 saturated carbocycles. The van der Waals surface area contributed by atoms with E-state index < -0.39 is 0 Å². The largest absolute Gasteiger partial charge is 0.322 e. The predicted octanol–water partition coefficient (Wildman–Crippen LogP) is 11.4.